The van der Waals surface area contributed by atoms with Crippen molar-refractivity contribution in [2.24, 2.45) is 0 Å². The summed E-state index contributed by atoms with van der Waals surface area (Å²) in [5.41, 5.74) is -4.79. The van der Waals surface area contributed by atoms with Crippen molar-refractivity contribution >= 4 is 25.8 Å². The average molecular weight is 326 g/mol. The molecule has 0 aromatic carbocycles. The Kier molecular flexibility index (Phi) is 5.37. The first kappa shape index (κ1) is 16.8. The van der Waals surface area contributed by atoms with Crippen LogP contribution in [-0.4, -0.2) is 68.0 Å². The molecule has 2 nitrogen and oxygen atoms in total. The minimum Gasteiger partial charge on any atom is -0.361 e. The van der Waals surface area contributed by atoms with Crippen LogP contribution in [0.1, 0.15) is 0 Å². The fraction of sp³-hybridized carbons (Fsp3) is 1.00. The molecular formula is C5H7F6InNO. The molecule has 1 N–H and O–H groups in total. The fourth-order valence-electron chi connectivity index (χ4n) is 0.668. The summed E-state index contributed by atoms with van der Waals surface area (Å²) in [6.45, 7) is 0. The second-order valence-corrected chi connectivity index (χ2v) is 2.56. The largest absolute Gasteiger partial charge is 0.440 e. The molecule has 0 aromatic heterocycles. The molecule has 9 heteroatoms. The van der Waals surface area contributed by atoms with Gasteiger partial charge in [-0.3, -0.25) is 4.90 Å². The topological polar surface area (TPSA) is 23.5 Å². The van der Waals surface area contributed by atoms with Gasteiger partial charge in [0.1, 0.15) is 0 Å². The summed E-state index contributed by atoms with van der Waals surface area (Å²) >= 11 is 0. The van der Waals surface area contributed by atoms with E-state index < -0.39 is 18.1 Å². The van der Waals surface area contributed by atoms with Gasteiger partial charge >= 0.3 is 18.1 Å². The van der Waals surface area contributed by atoms with Gasteiger partial charge in [-0.25, -0.2) is 0 Å². The summed E-state index contributed by atoms with van der Waals surface area (Å²) in [7, 11) is 0.974. The summed E-state index contributed by atoms with van der Waals surface area (Å²) in [6.07, 6.45) is -11.6. The number of aliphatic hydroxyl groups is 1. The van der Waals surface area contributed by atoms with Gasteiger partial charge in [0, 0.05) is 25.8 Å². The molecule has 0 atom stereocenters. The van der Waals surface area contributed by atoms with Crippen LogP contribution in [0.5, 0.6) is 0 Å². The van der Waals surface area contributed by atoms with Crippen molar-refractivity contribution in [1.82, 2.24) is 4.90 Å². The summed E-state index contributed by atoms with van der Waals surface area (Å²) in [4.78, 5) is -0.340. The minimum atomic E-state index is -5.78. The quantitative estimate of drug-likeness (QED) is 0.574. The molecule has 0 heterocycles. The van der Waals surface area contributed by atoms with E-state index in [2.05, 4.69) is 0 Å². The van der Waals surface area contributed by atoms with E-state index in [4.69, 9.17) is 5.11 Å². The summed E-state index contributed by atoms with van der Waals surface area (Å²) in [5, 5.41) is 8.44. The van der Waals surface area contributed by atoms with Gasteiger partial charge in [-0.15, -0.1) is 0 Å². The van der Waals surface area contributed by atoms with Gasteiger partial charge < -0.3 is 5.11 Å². The van der Waals surface area contributed by atoms with Gasteiger partial charge in [-0.05, 0) is 14.1 Å². The molecule has 0 aromatic rings. The zero-order valence-electron chi connectivity index (χ0n) is 7.24. The average Bonchev–Trinajstić information content (AvgIpc) is 1.80. The van der Waals surface area contributed by atoms with Gasteiger partial charge in [0.25, 0.3) is 0 Å². The maximum absolute atomic E-state index is 11.8. The number of hydrogen-bond donors (Lipinski definition) is 1. The van der Waals surface area contributed by atoms with Crippen molar-refractivity contribution in [3.05, 3.63) is 0 Å². The molecule has 3 radical (unpaired) electrons. The van der Waals surface area contributed by atoms with Crippen LogP contribution in [0.2, 0.25) is 0 Å². The molecule has 0 rings (SSSR count). The first-order chi connectivity index (χ1) is 5.44. The third kappa shape index (κ3) is 2.69. The smallest absolute Gasteiger partial charge is 0.361 e. The van der Waals surface area contributed by atoms with Gasteiger partial charge in [-0.2, -0.15) is 26.3 Å². The van der Waals surface area contributed by atoms with Crippen LogP contribution in [0, 0.1) is 0 Å². The predicted molar refractivity (Wildman–Crippen MR) is 36.5 cm³/mol. The van der Waals surface area contributed by atoms with E-state index >= 15 is 0 Å². The number of rotatable bonds is 1. The normalized spacial score (nSPS) is 14.1. The van der Waals surface area contributed by atoms with E-state index in [0.717, 1.165) is 0 Å². The van der Waals surface area contributed by atoms with Crippen molar-refractivity contribution in [1.29, 1.82) is 0 Å². The van der Waals surface area contributed by atoms with Crippen molar-refractivity contribution in [2.45, 2.75) is 18.1 Å². The van der Waals surface area contributed by atoms with Crippen LogP contribution in [0.4, 0.5) is 26.3 Å². The molecule has 0 unspecified atom stereocenters. The third-order valence-corrected chi connectivity index (χ3v) is 1.44. The Bertz CT molecular complexity index is 174. The Morgan fingerprint density at radius 1 is 0.857 bits per heavy atom. The Morgan fingerprint density at radius 3 is 1.07 bits per heavy atom. The van der Waals surface area contributed by atoms with Crippen molar-refractivity contribution in [3.63, 3.8) is 0 Å². The van der Waals surface area contributed by atoms with Crippen molar-refractivity contribution in [2.75, 3.05) is 14.1 Å². The van der Waals surface area contributed by atoms with E-state index in [9.17, 15) is 26.3 Å². The molecule has 0 fully saturated rings. The molecule has 0 saturated heterocycles. The predicted octanol–water partition coefficient (Wildman–Crippen LogP) is 0.980. The standard InChI is InChI=1S/C5H7F6NO.In/c1-12(2)3(13,4(6,7)8)5(9,10)11;/h13H,1-2H3;. The van der Waals surface area contributed by atoms with E-state index in [-0.39, 0.29) is 30.7 Å². The number of halogens is 6. The Hall–Kier alpha value is 0.370. The SMILES string of the molecule is CN(C)C(O)(C(F)(F)F)C(F)(F)F.[In]. The molecule has 0 spiro atoms. The van der Waals surface area contributed by atoms with Crippen LogP contribution >= 0.6 is 0 Å². The summed E-state index contributed by atoms with van der Waals surface area (Å²) in [6, 6.07) is 0. The first-order valence-electron chi connectivity index (χ1n) is 2.98. The van der Waals surface area contributed by atoms with E-state index in [1.165, 1.54) is 0 Å². The van der Waals surface area contributed by atoms with Crippen LogP contribution in [0.15, 0.2) is 0 Å². The molecule has 0 amide bonds. The maximum Gasteiger partial charge on any atom is 0.440 e. The molecule has 0 bridgehead atoms. The Balaban J connectivity index is 0. The van der Waals surface area contributed by atoms with E-state index in [0.29, 0.717) is 14.1 Å². The molecule has 0 saturated carbocycles. The first-order valence-corrected chi connectivity index (χ1v) is 2.98. The summed E-state index contributed by atoms with van der Waals surface area (Å²) in [5.74, 6) is 0. The molecule has 0 aliphatic heterocycles. The fourth-order valence-corrected chi connectivity index (χ4v) is 0.668. The van der Waals surface area contributed by atoms with Gasteiger partial charge in [0.15, 0.2) is 0 Å². The van der Waals surface area contributed by atoms with E-state index in [1.807, 2.05) is 0 Å². The zero-order chi connectivity index (χ0) is 11.1. The molecule has 83 valence electrons. The molecule has 14 heavy (non-hydrogen) atoms. The monoisotopic (exact) mass is 326 g/mol. The van der Waals surface area contributed by atoms with Gasteiger partial charge in [0.05, 0.1) is 0 Å². The van der Waals surface area contributed by atoms with Gasteiger partial charge in [-0.1, -0.05) is 0 Å². The van der Waals surface area contributed by atoms with Crippen LogP contribution in [0.25, 0.3) is 0 Å². The molecule has 0 aliphatic rings. The van der Waals surface area contributed by atoms with Crippen molar-refractivity contribution < 1.29 is 31.4 Å². The van der Waals surface area contributed by atoms with Crippen LogP contribution < -0.4 is 0 Å². The van der Waals surface area contributed by atoms with Crippen LogP contribution in [0.3, 0.4) is 0 Å². The minimum absolute atomic E-state index is 0. The van der Waals surface area contributed by atoms with Crippen LogP contribution in [-0.2, 0) is 0 Å². The van der Waals surface area contributed by atoms with Gasteiger partial charge in [0.2, 0.25) is 0 Å². The molecule has 0 aliphatic carbocycles. The number of alkyl halides is 6. The number of hydrogen-bond acceptors (Lipinski definition) is 2. The Labute approximate surface area is 94.7 Å². The Morgan fingerprint density at radius 2 is 1.07 bits per heavy atom. The maximum atomic E-state index is 11.8. The summed E-state index contributed by atoms with van der Waals surface area (Å²) < 4.78 is 71.0. The second-order valence-electron chi connectivity index (χ2n) is 2.56. The van der Waals surface area contributed by atoms with E-state index in [1.54, 1.807) is 0 Å². The second kappa shape index (κ2) is 4.48. The third-order valence-electron chi connectivity index (χ3n) is 1.44. The number of nitrogens with zero attached hydrogens (tertiary/aromatic N) is 1. The van der Waals surface area contributed by atoms with Crippen molar-refractivity contribution in [3.8, 4) is 0 Å². The molecular weight excluding hydrogens is 319 g/mol. The zero-order valence-corrected chi connectivity index (χ0v) is 10.5.